The number of nitrogens with one attached hydrogen (secondary N) is 2. The summed E-state index contributed by atoms with van der Waals surface area (Å²) in [5.41, 5.74) is 2.83. The summed E-state index contributed by atoms with van der Waals surface area (Å²) in [6.45, 7) is 3.70. The molecule has 2 N–H and O–H groups in total. The molecule has 0 aromatic carbocycles. The summed E-state index contributed by atoms with van der Waals surface area (Å²) in [6, 6.07) is 0. The highest BCUT2D eigenvalue weighted by atomic mass is 32.1. The standard InChI is InChI=1S/C13H13N5O3S/c1-3-21-13(20)8-10(17-18-5-4-14-11(8)18)16-12(19)9-7(2)15-6-22-9/h4-6,17H,3H2,1-2H3,(H,16,19). The van der Waals surface area contributed by atoms with Crippen molar-refractivity contribution in [3.63, 3.8) is 0 Å². The zero-order valence-electron chi connectivity index (χ0n) is 11.9. The predicted molar refractivity (Wildman–Crippen MR) is 80.3 cm³/mol. The van der Waals surface area contributed by atoms with E-state index in [1.54, 1.807) is 36.3 Å². The van der Waals surface area contributed by atoms with Crippen LogP contribution in [-0.2, 0) is 4.74 Å². The first-order valence-electron chi connectivity index (χ1n) is 6.55. The number of aromatic amines is 1. The smallest absolute Gasteiger partial charge is 0.345 e. The second-order valence-electron chi connectivity index (χ2n) is 4.42. The molecule has 0 saturated heterocycles. The van der Waals surface area contributed by atoms with Crippen LogP contribution in [0.5, 0.6) is 0 Å². The van der Waals surface area contributed by atoms with Crippen LogP contribution in [-0.4, -0.2) is 38.1 Å². The molecule has 0 fully saturated rings. The summed E-state index contributed by atoms with van der Waals surface area (Å²) in [4.78, 5) is 33.0. The van der Waals surface area contributed by atoms with Crippen LogP contribution in [0.15, 0.2) is 17.9 Å². The summed E-state index contributed by atoms with van der Waals surface area (Å²) in [5.74, 6) is -0.634. The maximum atomic E-state index is 12.3. The third-order valence-electron chi connectivity index (χ3n) is 3.02. The number of nitrogens with zero attached hydrogens (tertiary/aromatic N) is 3. The van der Waals surface area contributed by atoms with Gasteiger partial charge >= 0.3 is 5.97 Å². The van der Waals surface area contributed by atoms with E-state index in [4.69, 9.17) is 4.74 Å². The first kappa shape index (κ1) is 14.3. The maximum Gasteiger partial charge on any atom is 0.345 e. The quantitative estimate of drug-likeness (QED) is 0.715. The molecular weight excluding hydrogens is 306 g/mol. The van der Waals surface area contributed by atoms with Crippen molar-refractivity contribution < 1.29 is 14.3 Å². The molecule has 3 heterocycles. The Morgan fingerprint density at radius 2 is 2.27 bits per heavy atom. The highest BCUT2D eigenvalue weighted by molar-refractivity contribution is 7.12. The lowest BCUT2D eigenvalue weighted by Crippen LogP contribution is -2.15. The van der Waals surface area contributed by atoms with E-state index in [0.717, 1.165) is 0 Å². The Hall–Kier alpha value is -2.68. The summed E-state index contributed by atoms with van der Waals surface area (Å²) in [5, 5.41) is 5.58. The molecular formula is C13H13N5O3S. The number of imidazole rings is 1. The van der Waals surface area contributed by atoms with E-state index < -0.39 is 5.97 Å². The molecule has 0 saturated carbocycles. The van der Waals surface area contributed by atoms with Crippen molar-refractivity contribution in [2.24, 2.45) is 0 Å². The van der Waals surface area contributed by atoms with Gasteiger partial charge in [0.25, 0.3) is 5.91 Å². The minimum absolute atomic E-state index is 0.197. The average molecular weight is 319 g/mol. The minimum atomic E-state index is -0.545. The third kappa shape index (κ3) is 2.35. The minimum Gasteiger partial charge on any atom is -0.462 e. The molecule has 3 aromatic heterocycles. The summed E-state index contributed by atoms with van der Waals surface area (Å²) in [6.07, 6.45) is 3.19. The number of anilines is 1. The largest absolute Gasteiger partial charge is 0.462 e. The number of carbonyl (C=O) groups is 2. The topological polar surface area (TPSA) is 101 Å². The van der Waals surface area contributed by atoms with E-state index in [-0.39, 0.29) is 23.9 Å². The maximum absolute atomic E-state index is 12.3. The van der Waals surface area contributed by atoms with Crippen LogP contribution in [0.1, 0.15) is 32.6 Å². The van der Waals surface area contributed by atoms with Crippen LogP contribution in [0.3, 0.4) is 0 Å². The van der Waals surface area contributed by atoms with Crippen LogP contribution >= 0.6 is 11.3 Å². The Morgan fingerprint density at radius 1 is 1.45 bits per heavy atom. The Morgan fingerprint density at radius 3 is 2.95 bits per heavy atom. The molecule has 9 heteroatoms. The normalized spacial score (nSPS) is 10.8. The molecule has 3 aromatic rings. The Kier molecular flexibility index (Phi) is 3.63. The highest BCUT2D eigenvalue weighted by Gasteiger charge is 2.24. The monoisotopic (exact) mass is 319 g/mol. The van der Waals surface area contributed by atoms with Gasteiger partial charge in [-0.3, -0.25) is 9.89 Å². The molecule has 0 radical (unpaired) electrons. The SMILES string of the molecule is CCOC(=O)c1c(NC(=O)c2scnc2C)[nH]n2ccnc12. The van der Waals surface area contributed by atoms with Gasteiger partial charge in [0.1, 0.15) is 16.3 Å². The number of thiazole rings is 1. The number of hydrogen-bond acceptors (Lipinski definition) is 6. The molecule has 114 valence electrons. The molecule has 0 bridgehead atoms. The summed E-state index contributed by atoms with van der Waals surface area (Å²) in [7, 11) is 0. The molecule has 8 nitrogen and oxygen atoms in total. The lowest BCUT2D eigenvalue weighted by Gasteiger charge is -2.05. The third-order valence-corrected chi connectivity index (χ3v) is 3.94. The fourth-order valence-electron chi connectivity index (χ4n) is 2.04. The number of amides is 1. The van der Waals surface area contributed by atoms with Gasteiger partial charge in [0, 0.05) is 12.4 Å². The van der Waals surface area contributed by atoms with E-state index >= 15 is 0 Å². The van der Waals surface area contributed by atoms with Crippen molar-refractivity contribution >= 4 is 34.7 Å². The fraction of sp³-hybridized carbons (Fsp3) is 0.231. The van der Waals surface area contributed by atoms with Crippen LogP contribution in [0.4, 0.5) is 5.82 Å². The number of hydrogen-bond donors (Lipinski definition) is 2. The van der Waals surface area contributed by atoms with Crippen molar-refractivity contribution in [2.45, 2.75) is 13.8 Å². The van der Waals surface area contributed by atoms with Gasteiger partial charge < -0.3 is 10.1 Å². The zero-order chi connectivity index (χ0) is 15.7. The number of aromatic nitrogens is 4. The van der Waals surface area contributed by atoms with Gasteiger partial charge in [-0.05, 0) is 13.8 Å². The fourth-order valence-corrected chi connectivity index (χ4v) is 2.74. The van der Waals surface area contributed by atoms with Crippen LogP contribution < -0.4 is 5.32 Å². The van der Waals surface area contributed by atoms with E-state index in [0.29, 0.717) is 16.2 Å². The Labute approximate surface area is 129 Å². The molecule has 22 heavy (non-hydrogen) atoms. The van der Waals surface area contributed by atoms with Gasteiger partial charge in [0.15, 0.2) is 5.65 Å². The molecule has 1 amide bonds. The Bertz CT molecular complexity index is 847. The number of esters is 1. The number of H-pyrrole nitrogens is 1. The summed E-state index contributed by atoms with van der Waals surface area (Å²) < 4.78 is 6.57. The van der Waals surface area contributed by atoms with Gasteiger partial charge in [0.2, 0.25) is 0 Å². The number of carbonyl (C=O) groups excluding carboxylic acids is 2. The highest BCUT2D eigenvalue weighted by Crippen LogP contribution is 2.22. The molecule has 0 spiro atoms. The van der Waals surface area contributed by atoms with E-state index in [2.05, 4.69) is 20.4 Å². The van der Waals surface area contributed by atoms with E-state index in [1.807, 2.05) is 0 Å². The van der Waals surface area contributed by atoms with E-state index in [9.17, 15) is 9.59 Å². The van der Waals surface area contributed by atoms with Gasteiger partial charge in [0.05, 0.1) is 17.8 Å². The van der Waals surface area contributed by atoms with Crippen molar-refractivity contribution in [3.8, 4) is 0 Å². The predicted octanol–water partition coefficient (Wildman–Crippen LogP) is 1.86. The van der Waals surface area contributed by atoms with Gasteiger partial charge in [-0.2, -0.15) is 0 Å². The lowest BCUT2D eigenvalue weighted by atomic mass is 10.3. The van der Waals surface area contributed by atoms with Crippen molar-refractivity contribution in [1.29, 1.82) is 0 Å². The van der Waals surface area contributed by atoms with Gasteiger partial charge in [-0.1, -0.05) is 0 Å². The molecule has 0 aliphatic carbocycles. The molecule has 0 aliphatic heterocycles. The lowest BCUT2D eigenvalue weighted by molar-refractivity contribution is 0.0529. The zero-order valence-corrected chi connectivity index (χ0v) is 12.7. The second kappa shape index (κ2) is 5.60. The average Bonchev–Trinajstić information content (AvgIpc) is 3.14. The van der Waals surface area contributed by atoms with E-state index in [1.165, 1.54) is 11.3 Å². The number of aryl methyl sites for hydroxylation is 1. The molecule has 3 rings (SSSR count). The number of ether oxygens (including phenoxy) is 1. The second-order valence-corrected chi connectivity index (χ2v) is 5.28. The molecule has 0 unspecified atom stereocenters. The van der Waals surface area contributed by atoms with Gasteiger partial charge in [-0.25, -0.2) is 19.3 Å². The first-order valence-corrected chi connectivity index (χ1v) is 7.43. The van der Waals surface area contributed by atoms with Gasteiger partial charge in [-0.15, -0.1) is 11.3 Å². The number of fused-ring (bicyclic) bond motifs is 1. The number of rotatable bonds is 4. The molecule has 0 atom stereocenters. The molecule has 0 aliphatic rings. The first-order chi connectivity index (χ1) is 10.6. The van der Waals surface area contributed by atoms with Crippen molar-refractivity contribution in [2.75, 3.05) is 11.9 Å². The summed E-state index contributed by atoms with van der Waals surface area (Å²) >= 11 is 1.23. The Balaban J connectivity index is 1.98. The van der Waals surface area contributed by atoms with Crippen LogP contribution in [0.25, 0.3) is 5.65 Å². The van der Waals surface area contributed by atoms with Crippen molar-refractivity contribution in [3.05, 3.63) is 34.0 Å². The van der Waals surface area contributed by atoms with Crippen LogP contribution in [0, 0.1) is 6.92 Å². The van der Waals surface area contributed by atoms with Crippen LogP contribution in [0.2, 0.25) is 0 Å². The van der Waals surface area contributed by atoms with Crippen molar-refractivity contribution in [1.82, 2.24) is 19.6 Å².